The summed E-state index contributed by atoms with van der Waals surface area (Å²) in [5.74, 6) is -0.993. The number of nitrogens with zero attached hydrogens (tertiary/aromatic N) is 3. The zero-order valence-corrected chi connectivity index (χ0v) is 9.35. The number of esters is 1. The van der Waals surface area contributed by atoms with Gasteiger partial charge in [-0.1, -0.05) is 0 Å². The van der Waals surface area contributed by atoms with E-state index >= 15 is 0 Å². The fraction of sp³-hybridized carbons (Fsp3) is 0.111. The van der Waals surface area contributed by atoms with E-state index in [0.29, 0.717) is 0 Å². The molecule has 10 heteroatoms. The van der Waals surface area contributed by atoms with E-state index in [0.717, 1.165) is 25.3 Å². The number of aliphatic imine (C=N–C) groups is 1. The molecule has 10 nitrogen and oxygen atoms in total. The molecule has 0 spiro atoms. The van der Waals surface area contributed by atoms with Crippen LogP contribution in [0.1, 0.15) is 10.4 Å². The summed E-state index contributed by atoms with van der Waals surface area (Å²) in [6, 6.07) is 1.46. The highest BCUT2D eigenvalue weighted by molar-refractivity contribution is 5.93. The Balaban J connectivity index is 3.71. The molecule has 0 atom stereocenters. The number of nitro groups is 2. The SMILES string of the molecule is COC(=O)c1cc([N+](=O)[O-])c(N=C=O)c([N+](=O)[O-])c1. The van der Waals surface area contributed by atoms with E-state index in [1.54, 1.807) is 0 Å². The summed E-state index contributed by atoms with van der Waals surface area (Å²) < 4.78 is 4.31. The Morgan fingerprint density at radius 1 is 1.26 bits per heavy atom. The molecular formula is C9H5N3O7. The Kier molecular flexibility index (Phi) is 4.01. The van der Waals surface area contributed by atoms with Crippen LogP contribution in [-0.2, 0) is 9.53 Å². The maximum atomic E-state index is 11.3. The molecule has 1 aromatic rings. The Hall–Kier alpha value is -3.13. The number of methoxy groups -OCH3 is 1. The zero-order valence-electron chi connectivity index (χ0n) is 9.35. The maximum Gasteiger partial charge on any atom is 0.338 e. The molecule has 0 saturated carbocycles. The Bertz CT molecular complexity index is 583. The highest BCUT2D eigenvalue weighted by Crippen LogP contribution is 2.37. The monoisotopic (exact) mass is 267 g/mol. The van der Waals surface area contributed by atoms with Gasteiger partial charge in [-0.3, -0.25) is 20.2 Å². The molecule has 98 valence electrons. The van der Waals surface area contributed by atoms with Crippen LogP contribution in [0.3, 0.4) is 0 Å². The number of carbonyl (C=O) groups excluding carboxylic acids is 2. The molecule has 0 bridgehead atoms. The predicted molar refractivity (Wildman–Crippen MR) is 58.9 cm³/mol. The third-order valence-electron chi connectivity index (χ3n) is 2.04. The maximum absolute atomic E-state index is 11.3. The number of rotatable bonds is 4. The number of ether oxygens (including phenoxy) is 1. The first-order valence-corrected chi connectivity index (χ1v) is 4.55. The van der Waals surface area contributed by atoms with E-state index in [1.165, 1.54) is 0 Å². The Morgan fingerprint density at radius 2 is 1.74 bits per heavy atom. The molecule has 0 saturated heterocycles. The third-order valence-corrected chi connectivity index (χ3v) is 2.04. The predicted octanol–water partition coefficient (Wildman–Crippen LogP) is 1.26. The molecule has 1 aromatic carbocycles. The van der Waals surface area contributed by atoms with Gasteiger partial charge in [0, 0.05) is 12.1 Å². The van der Waals surface area contributed by atoms with Crippen LogP contribution in [0.2, 0.25) is 0 Å². The van der Waals surface area contributed by atoms with Gasteiger partial charge in [0.15, 0.2) is 0 Å². The van der Waals surface area contributed by atoms with Crippen LogP contribution in [0.4, 0.5) is 17.1 Å². The Labute approximate surface area is 104 Å². The van der Waals surface area contributed by atoms with Gasteiger partial charge in [0.05, 0.1) is 22.5 Å². The average molecular weight is 267 g/mol. The fourth-order valence-corrected chi connectivity index (χ4v) is 1.28. The van der Waals surface area contributed by atoms with Crippen LogP contribution in [0.5, 0.6) is 0 Å². The minimum Gasteiger partial charge on any atom is -0.465 e. The van der Waals surface area contributed by atoms with Gasteiger partial charge in [0.25, 0.3) is 0 Å². The number of hydrogen-bond acceptors (Lipinski definition) is 8. The van der Waals surface area contributed by atoms with E-state index in [1.807, 2.05) is 0 Å². The smallest absolute Gasteiger partial charge is 0.338 e. The van der Waals surface area contributed by atoms with Gasteiger partial charge in [0.1, 0.15) is 0 Å². The minimum absolute atomic E-state index is 0.397. The number of isocyanates is 1. The molecule has 0 N–H and O–H groups in total. The van der Waals surface area contributed by atoms with Crippen molar-refractivity contribution < 1.29 is 24.2 Å². The van der Waals surface area contributed by atoms with Crippen LogP contribution < -0.4 is 0 Å². The van der Waals surface area contributed by atoms with Gasteiger partial charge in [-0.15, -0.1) is 0 Å². The van der Waals surface area contributed by atoms with Crippen molar-refractivity contribution in [3.63, 3.8) is 0 Å². The number of nitro benzene ring substituents is 2. The molecule has 0 unspecified atom stereocenters. The van der Waals surface area contributed by atoms with Gasteiger partial charge in [-0.25, -0.2) is 9.59 Å². The van der Waals surface area contributed by atoms with Gasteiger partial charge >= 0.3 is 17.3 Å². The van der Waals surface area contributed by atoms with Crippen molar-refractivity contribution in [3.05, 3.63) is 37.9 Å². The van der Waals surface area contributed by atoms with Gasteiger partial charge in [-0.05, 0) is 0 Å². The summed E-state index contributed by atoms with van der Waals surface area (Å²) in [6.45, 7) is 0. The lowest BCUT2D eigenvalue weighted by Crippen LogP contribution is -2.04. The summed E-state index contributed by atoms with van der Waals surface area (Å²) in [4.78, 5) is 43.9. The minimum atomic E-state index is -1.00. The Morgan fingerprint density at radius 3 is 2.05 bits per heavy atom. The van der Waals surface area contributed by atoms with Crippen LogP contribution >= 0.6 is 0 Å². The van der Waals surface area contributed by atoms with Crippen molar-refractivity contribution in [2.75, 3.05) is 7.11 Å². The molecule has 0 amide bonds. The molecule has 19 heavy (non-hydrogen) atoms. The topological polar surface area (TPSA) is 142 Å². The molecule has 0 aliphatic rings. The summed E-state index contributed by atoms with van der Waals surface area (Å²) in [5, 5.41) is 21.6. The van der Waals surface area contributed by atoms with Gasteiger partial charge in [-0.2, -0.15) is 4.99 Å². The van der Waals surface area contributed by atoms with Gasteiger partial charge in [0.2, 0.25) is 11.8 Å². The van der Waals surface area contributed by atoms with Crippen LogP contribution in [0.15, 0.2) is 17.1 Å². The molecule has 0 radical (unpaired) electrons. The first kappa shape index (κ1) is 13.9. The lowest BCUT2D eigenvalue weighted by Gasteiger charge is -2.02. The summed E-state index contributed by atoms with van der Waals surface area (Å²) in [6.07, 6.45) is 0.987. The second-order valence-corrected chi connectivity index (χ2v) is 3.07. The molecular weight excluding hydrogens is 262 g/mol. The second-order valence-electron chi connectivity index (χ2n) is 3.07. The van der Waals surface area contributed by atoms with Crippen LogP contribution in [-0.4, -0.2) is 29.0 Å². The molecule has 0 heterocycles. The van der Waals surface area contributed by atoms with E-state index in [9.17, 15) is 29.8 Å². The number of carbonyl (C=O) groups is 1. The van der Waals surface area contributed by atoms with Gasteiger partial charge < -0.3 is 4.74 Å². The average Bonchev–Trinajstić information content (AvgIpc) is 2.37. The number of benzene rings is 1. The summed E-state index contributed by atoms with van der Waals surface area (Å²) in [5.41, 5.74) is -2.90. The van der Waals surface area contributed by atoms with E-state index in [-0.39, 0.29) is 0 Å². The van der Waals surface area contributed by atoms with E-state index in [4.69, 9.17) is 0 Å². The molecule has 1 rings (SSSR count). The van der Waals surface area contributed by atoms with Crippen LogP contribution in [0.25, 0.3) is 0 Å². The number of hydrogen-bond donors (Lipinski definition) is 0. The van der Waals surface area contributed by atoms with Crippen molar-refractivity contribution in [2.24, 2.45) is 4.99 Å². The van der Waals surface area contributed by atoms with Crippen LogP contribution in [0, 0.1) is 20.2 Å². The summed E-state index contributed by atoms with van der Waals surface area (Å²) >= 11 is 0. The molecule has 0 aliphatic heterocycles. The largest absolute Gasteiger partial charge is 0.465 e. The second kappa shape index (κ2) is 5.47. The van der Waals surface area contributed by atoms with Crippen molar-refractivity contribution in [1.29, 1.82) is 0 Å². The highest BCUT2D eigenvalue weighted by atomic mass is 16.6. The summed E-state index contributed by atoms with van der Waals surface area (Å²) in [7, 11) is 1.01. The van der Waals surface area contributed by atoms with E-state index < -0.39 is 38.4 Å². The third kappa shape index (κ3) is 2.76. The highest BCUT2D eigenvalue weighted by Gasteiger charge is 2.28. The van der Waals surface area contributed by atoms with Crippen molar-refractivity contribution in [1.82, 2.24) is 0 Å². The van der Waals surface area contributed by atoms with Crippen molar-refractivity contribution in [3.8, 4) is 0 Å². The molecule has 0 aromatic heterocycles. The first-order chi connectivity index (χ1) is 8.92. The van der Waals surface area contributed by atoms with E-state index in [2.05, 4.69) is 9.73 Å². The fourth-order valence-electron chi connectivity index (χ4n) is 1.28. The zero-order chi connectivity index (χ0) is 14.6. The molecule has 0 fully saturated rings. The van der Waals surface area contributed by atoms with Crippen molar-refractivity contribution >= 4 is 29.1 Å². The lowest BCUT2D eigenvalue weighted by molar-refractivity contribution is -0.392. The molecule has 0 aliphatic carbocycles. The quantitative estimate of drug-likeness (QED) is 0.262. The first-order valence-electron chi connectivity index (χ1n) is 4.55. The standard InChI is InChI=1S/C9H5N3O7/c1-19-9(14)5-2-6(11(15)16)8(10-4-13)7(3-5)12(17)18/h2-3H,1H3. The van der Waals surface area contributed by atoms with Crippen molar-refractivity contribution in [2.45, 2.75) is 0 Å². The lowest BCUT2D eigenvalue weighted by atomic mass is 10.1. The normalized spacial score (nSPS) is 9.32.